The van der Waals surface area contributed by atoms with E-state index in [2.05, 4.69) is 25.9 Å². The van der Waals surface area contributed by atoms with E-state index < -0.39 is 11.2 Å². The summed E-state index contributed by atoms with van der Waals surface area (Å²) in [6.45, 7) is 1.65. The minimum atomic E-state index is -0.486. The molecule has 0 aliphatic heterocycles. The number of aryl methyl sites for hydroxylation is 1. The Morgan fingerprint density at radius 3 is 2.69 bits per heavy atom. The van der Waals surface area contributed by atoms with E-state index in [1.165, 1.54) is 12.3 Å². The van der Waals surface area contributed by atoms with Crippen molar-refractivity contribution < 1.29 is 0 Å². The molecule has 82 valence electrons. The van der Waals surface area contributed by atoms with Crippen molar-refractivity contribution in [2.75, 3.05) is 0 Å². The van der Waals surface area contributed by atoms with Crippen molar-refractivity contribution in [2.45, 2.75) is 6.92 Å². The minimum Gasteiger partial charge on any atom is -0.311 e. The van der Waals surface area contributed by atoms with Crippen molar-refractivity contribution in [1.29, 1.82) is 0 Å². The third kappa shape index (κ3) is 1.96. The number of hydrogen-bond acceptors (Lipinski definition) is 3. The smallest absolute Gasteiger partial charge is 0.311 e. The molecule has 0 spiro atoms. The quantitative estimate of drug-likeness (QED) is 0.848. The zero-order valence-corrected chi connectivity index (χ0v) is 9.98. The Morgan fingerprint density at radius 1 is 1.38 bits per heavy atom. The van der Waals surface area contributed by atoms with Gasteiger partial charge in [0.2, 0.25) is 0 Å². The van der Waals surface area contributed by atoms with Crippen molar-refractivity contribution in [3.05, 3.63) is 55.4 Å². The average Bonchev–Trinajstić information content (AvgIpc) is 2.19. The van der Waals surface area contributed by atoms with E-state index in [1.54, 1.807) is 19.1 Å². The van der Waals surface area contributed by atoms with Gasteiger partial charge < -0.3 is 4.98 Å². The van der Waals surface area contributed by atoms with Crippen LogP contribution in [0.15, 0.2) is 38.5 Å². The van der Waals surface area contributed by atoms with Crippen LogP contribution >= 0.6 is 15.9 Å². The van der Waals surface area contributed by atoms with Crippen LogP contribution in [0.3, 0.4) is 0 Å². The summed E-state index contributed by atoms with van der Waals surface area (Å²) in [6.07, 6.45) is 1.53. The first-order valence-electron chi connectivity index (χ1n) is 4.53. The van der Waals surface area contributed by atoms with Crippen LogP contribution in [0.4, 0.5) is 0 Å². The normalized spacial score (nSPS) is 10.4. The Hall–Kier alpha value is -1.69. The number of H-pyrrole nitrogens is 1. The van der Waals surface area contributed by atoms with Crippen LogP contribution in [0, 0.1) is 6.92 Å². The first kappa shape index (κ1) is 10.8. The van der Waals surface area contributed by atoms with E-state index in [0.717, 1.165) is 9.04 Å². The van der Waals surface area contributed by atoms with Gasteiger partial charge in [-0.3, -0.25) is 4.79 Å². The molecule has 2 aromatic heterocycles. The predicted molar refractivity (Wildman–Crippen MR) is 62.9 cm³/mol. The maximum absolute atomic E-state index is 11.6. The second kappa shape index (κ2) is 4.05. The zero-order valence-electron chi connectivity index (χ0n) is 8.40. The molecule has 0 aromatic carbocycles. The number of aromatic nitrogens is 3. The van der Waals surface area contributed by atoms with Gasteiger partial charge in [0.25, 0.3) is 5.56 Å². The molecular formula is C10H8BrN3O2. The van der Waals surface area contributed by atoms with Crippen molar-refractivity contribution >= 4 is 15.9 Å². The Labute approximate surface area is 98.9 Å². The van der Waals surface area contributed by atoms with Crippen LogP contribution in [0.1, 0.15) is 5.69 Å². The van der Waals surface area contributed by atoms with Crippen molar-refractivity contribution in [2.24, 2.45) is 0 Å². The minimum absolute atomic E-state index is 0.300. The van der Waals surface area contributed by atoms with E-state index >= 15 is 0 Å². The summed E-state index contributed by atoms with van der Waals surface area (Å²) in [5, 5.41) is 0. The highest BCUT2D eigenvalue weighted by atomic mass is 79.9. The second-order valence-electron chi connectivity index (χ2n) is 3.27. The molecule has 0 saturated heterocycles. The SMILES string of the molecule is Cc1cc(=O)n(-c2ccc(Br)cn2)c(=O)[nH]1. The van der Waals surface area contributed by atoms with Crippen molar-refractivity contribution in [3.8, 4) is 5.82 Å². The molecule has 0 atom stereocenters. The average molecular weight is 282 g/mol. The molecule has 6 heteroatoms. The van der Waals surface area contributed by atoms with Crippen LogP contribution in [0.2, 0.25) is 0 Å². The third-order valence-electron chi connectivity index (χ3n) is 2.01. The van der Waals surface area contributed by atoms with Gasteiger partial charge in [0.1, 0.15) is 5.82 Å². The Kier molecular flexibility index (Phi) is 2.74. The van der Waals surface area contributed by atoms with E-state index in [4.69, 9.17) is 0 Å². The van der Waals surface area contributed by atoms with Gasteiger partial charge in [-0.05, 0) is 35.0 Å². The molecule has 0 amide bonds. The lowest BCUT2D eigenvalue weighted by molar-refractivity contribution is 0.832. The molecule has 2 rings (SSSR count). The van der Waals surface area contributed by atoms with Crippen LogP contribution in [0.25, 0.3) is 5.82 Å². The first-order chi connectivity index (χ1) is 7.58. The molecule has 2 heterocycles. The second-order valence-corrected chi connectivity index (χ2v) is 4.18. The monoisotopic (exact) mass is 281 g/mol. The molecule has 16 heavy (non-hydrogen) atoms. The molecule has 2 aromatic rings. The van der Waals surface area contributed by atoms with Gasteiger partial charge in [0, 0.05) is 22.4 Å². The number of aromatic amines is 1. The van der Waals surface area contributed by atoms with Gasteiger partial charge >= 0.3 is 5.69 Å². The largest absolute Gasteiger partial charge is 0.334 e. The lowest BCUT2D eigenvalue weighted by Gasteiger charge is -2.03. The fraction of sp³-hybridized carbons (Fsp3) is 0.100. The Bertz CT molecular complexity index is 596. The number of hydrogen-bond donors (Lipinski definition) is 1. The van der Waals surface area contributed by atoms with Crippen LogP contribution in [0.5, 0.6) is 0 Å². The summed E-state index contributed by atoms with van der Waals surface area (Å²) in [5.74, 6) is 0.300. The lowest BCUT2D eigenvalue weighted by atomic mass is 10.4. The van der Waals surface area contributed by atoms with Crippen molar-refractivity contribution in [3.63, 3.8) is 0 Å². The summed E-state index contributed by atoms with van der Waals surface area (Å²) < 4.78 is 1.77. The standard InChI is InChI=1S/C10H8BrN3O2/c1-6-4-9(15)14(10(16)13-6)8-3-2-7(11)5-12-8/h2-5H,1H3,(H,13,16). The summed E-state index contributed by atoms with van der Waals surface area (Å²) >= 11 is 3.23. The van der Waals surface area contributed by atoms with Crippen molar-refractivity contribution in [1.82, 2.24) is 14.5 Å². The molecule has 0 bridgehead atoms. The fourth-order valence-corrected chi connectivity index (χ4v) is 1.56. The van der Waals surface area contributed by atoms with Crippen LogP contribution < -0.4 is 11.2 Å². The fourth-order valence-electron chi connectivity index (χ4n) is 1.33. The van der Waals surface area contributed by atoms with E-state index in [-0.39, 0.29) is 0 Å². The molecule has 5 nitrogen and oxygen atoms in total. The molecule has 1 N–H and O–H groups in total. The highest BCUT2D eigenvalue weighted by molar-refractivity contribution is 9.10. The summed E-state index contributed by atoms with van der Waals surface area (Å²) in [6, 6.07) is 4.66. The Morgan fingerprint density at radius 2 is 2.12 bits per heavy atom. The number of nitrogens with one attached hydrogen (secondary N) is 1. The van der Waals surface area contributed by atoms with Gasteiger partial charge in [-0.15, -0.1) is 0 Å². The maximum atomic E-state index is 11.6. The van der Waals surface area contributed by atoms with Crippen LogP contribution in [-0.4, -0.2) is 14.5 Å². The molecule has 0 saturated carbocycles. The maximum Gasteiger partial charge on any atom is 0.334 e. The number of pyridine rings is 1. The molecule has 0 aliphatic carbocycles. The first-order valence-corrected chi connectivity index (χ1v) is 5.32. The van der Waals surface area contributed by atoms with E-state index in [1.807, 2.05) is 0 Å². The number of rotatable bonds is 1. The highest BCUT2D eigenvalue weighted by Crippen LogP contribution is 2.08. The summed E-state index contributed by atoms with van der Waals surface area (Å²) in [7, 11) is 0. The number of halogens is 1. The van der Waals surface area contributed by atoms with Gasteiger partial charge in [0.05, 0.1) is 0 Å². The summed E-state index contributed by atoms with van der Waals surface area (Å²) in [4.78, 5) is 29.8. The Balaban J connectivity index is 2.70. The molecule has 0 unspecified atom stereocenters. The van der Waals surface area contributed by atoms with Gasteiger partial charge in [-0.1, -0.05) is 0 Å². The molecule has 0 radical (unpaired) electrons. The predicted octanol–water partition coefficient (Wildman–Crippen LogP) is 0.992. The summed E-state index contributed by atoms with van der Waals surface area (Å²) in [5.41, 5.74) is -0.348. The van der Waals surface area contributed by atoms with Gasteiger partial charge in [-0.2, -0.15) is 0 Å². The molecule has 0 aliphatic rings. The van der Waals surface area contributed by atoms with E-state index in [0.29, 0.717) is 11.5 Å². The van der Waals surface area contributed by atoms with Gasteiger partial charge in [0.15, 0.2) is 0 Å². The molecular weight excluding hydrogens is 274 g/mol. The molecule has 0 fully saturated rings. The van der Waals surface area contributed by atoms with Gasteiger partial charge in [-0.25, -0.2) is 14.3 Å². The third-order valence-corrected chi connectivity index (χ3v) is 2.48. The van der Waals surface area contributed by atoms with Crippen LogP contribution in [-0.2, 0) is 0 Å². The lowest BCUT2D eigenvalue weighted by Crippen LogP contribution is -2.34. The number of nitrogens with zero attached hydrogens (tertiary/aromatic N) is 2. The zero-order chi connectivity index (χ0) is 11.7. The topological polar surface area (TPSA) is 67.8 Å². The highest BCUT2D eigenvalue weighted by Gasteiger charge is 2.05. The van der Waals surface area contributed by atoms with E-state index in [9.17, 15) is 9.59 Å².